The maximum absolute atomic E-state index is 13.2. The van der Waals surface area contributed by atoms with Crippen LogP contribution in [-0.2, 0) is 28.7 Å². The molecule has 0 unspecified atom stereocenters. The second-order valence-corrected chi connectivity index (χ2v) is 7.37. The van der Waals surface area contributed by atoms with Crippen LogP contribution in [0, 0.1) is 5.41 Å². The highest BCUT2D eigenvalue weighted by Gasteiger charge is 2.41. The summed E-state index contributed by atoms with van der Waals surface area (Å²) >= 11 is 0. The van der Waals surface area contributed by atoms with E-state index in [0.29, 0.717) is 19.5 Å². The summed E-state index contributed by atoms with van der Waals surface area (Å²) in [7, 11) is 0. The zero-order chi connectivity index (χ0) is 20.5. The molecule has 4 nitrogen and oxygen atoms in total. The molecule has 0 saturated heterocycles. The molecular weight excluding hydrogens is 369 g/mol. The van der Waals surface area contributed by atoms with Crippen LogP contribution in [0.5, 0.6) is 0 Å². The monoisotopic (exact) mass is 390 g/mol. The summed E-state index contributed by atoms with van der Waals surface area (Å²) in [6, 6.07) is 12.5. The molecule has 148 valence electrons. The predicted octanol–water partition coefficient (Wildman–Crippen LogP) is 4.26. The van der Waals surface area contributed by atoms with Gasteiger partial charge in [0.15, 0.2) is 0 Å². The number of fused-ring (bicyclic) bond motifs is 1. The number of nitrogens with zero attached hydrogens (tertiary/aromatic N) is 1. The summed E-state index contributed by atoms with van der Waals surface area (Å²) in [4.78, 5) is 27.3. The van der Waals surface area contributed by atoms with Crippen molar-refractivity contribution in [1.29, 1.82) is 0 Å². The molecule has 3 rings (SSSR count). The van der Waals surface area contributed by atoms with Gasteiger partial charge in [0, 0.05) is 13.1 Å². The highest BCUT2D eigenvalue weighted by molar-refractivity contribution is 6.10. The number of alkyl halides is 3. The van der Waals surface area contributed by atoms with Crippen LogP contribution in [0.3, 0.4) is 0 Å². The molecule has 7 heteroatoms. The Balaban J connectivity index is 1.78. The molecule has 0 spiro atoms. The van der Waals surface area contributed by atoms with Gasteiger partial charge in [0.05, 0.1) is 11.3 Å². The first kappa shape index (κ1) is 19.9. The molecule has 0 aromatic heterocycles. The van der Waals surface area contributed by atoms with Gasteiger partial charge in [0.1, 0.15) is 5.41 Å². The Hall–Kier alpha value is -2.83. The Labute approximate surface area is 161 Å². The number of hydrogen-bond acceptors (Lipinski definition) is 2. The summed E-state index contributed by atoms with van der Waals surface area (Å²) < 4.78 is 39.5. The Morgan fingerprint density at radius 1 is 0.964 bits per heavy atom. The Morgan fingerprint density at radius 3 is 2.25 bits per heavy atom. The molecule has 0 atom stereocenters. The molecule has 0 fully saturated rings. The van der Waals surface area contributed by atoms with Crippen LogP contribution in [-0.4, -0.2) is 23.3 Å². The first-order valence-electron chi connectivity index (χ1n) is 8.94. The average molecular weight is 390 g/mol. The van der Waals surface area contributed by atoms with E-state index < -0.39 is 29.0 Å². The summed E-state index contributed by atoms with van der Waals surface area (Å²) in [5, 5.41) is 2.29. The van der Waals surface area contributed by atoms with Gasteiger partial charge in [0.25, 0.3) is 0 Å². The van der Waals surface area contributed by atoms with Crippen molar-refractivity contribution in [2.24, 2.45) is 5.41 Å². The number of carbonyl (C=O) groups is 2. The van der Waals surface area contributed by atoms with Crippen LogP contribution in [0.25, 0.3) is 0 Å². The van der Waals surface area contributed by atoms with E-state index in [1.54, 1.807) is 4.90 Å². The largest absolute Gasteiger partial charge is 0.418 e. The third-order valence-corrected chi connectivity index (χ3v) is 5.00. The van der Waals surface area contributed by atoms with Crippen molar-refractivity contribution in [3.8, 4) is 0 Å². The summed E-state index contributed by atoms with van der Waals surface area (Å²) in [6.45, 7) is 3.71. The van der Waals surface area contributed by atoms with E-state index in [4.69, 9.17) is 0 Å². The molecule has 0 aliphatic carbocycles. The Morgan fingerprint density at radius 2 is 1.57 bits per heavy atom. The van der Waals surface area contributed by atoms with E-state index in [0.717, 1.165) is 17.2 Å². The van der Waals surface area contributed by atoms with Crippen molar-refractivity contribution in [3.63, 3.8) is 0 Å². The van der Waals surface area contributed by atoms with Crippen molar-refractivity contribution in [3.05, 3.63) is 65.2 Å². The number of hydrogen-bond donors (Lipinski definition) is 1. The van der Waals surface area contributed by atoms with Gasteiger partial charge in [-0.15, -0.1) is 0 Å². The average Bonchev–Trinajstić information content (AvgIpc) is 2.66. The lowest BCUT2D eigenvalue weighted by molar-refractivity contribution is -0.147. The maximum atomic E-state index is 13.2. The van der Waals surface area contributed by atoms with Gasteiger partial charge in [-0.3, -0.25) is 9.59 Å². The third kappa shape index (κ3) is 3.88. The summed E-state index contributed by atoms with van der Waals surface area (Å²) in [6.07, 6.45) is -3.93. The van der Waals surface area contributed by atoms with E-state index in [9.17, 15) is 22.8 Å². The molecule has 0 saturated carbocycles. The molecule has 1 heterocycles. The second kappa shape index (κ2) is 7.30. The van der Waals surface area contributed by atoms with Crippen LogP contribution < -0.4 is 5.32 Å². The number of amides is 2. The number of para-hydroxylation sites is 1. The van der Waals surface area contributed by atoms with E-state index in [2.05, 4.69) is 5.32 Å². The SMILES string of the molecule is CC(C)(C(=O)Nc1ccccc1C(F)(F)F)C(=O)N1CCc2ccccc2C1. The molecule has 2 aromatic rings. The third-order valence-electron chi connectivity index (χ3n) is 5.00. The molecule has 1 aliphatic rings. The standard InChI is InChI=1S/C21H21F3N2O2/c1-20(2,18(27)25-17-10-6-5-9-16(17)21(22,23)24)19(28)26-12-11-14-7-3-4-8-15(14)13-26/h3-10H,11-13H2,1-2H3,(H,25,27). The molecule has 0 radical (unpaired) electrons. The number of benzene rings is 2. The minimum atomic E-state index is -4.60. The highest BCUT2D eigenvalue weighted by Crippen LogP contribution is 2.35. The first-order valence-corrected chi connectivity index (χ1v) is 8.94. The van der Waals surface area contributed by atoms with Gasteiger partial charge in [-0.1, -0.05) is 36.4 Å². The zero-order valence-electron chi connectivity index (χ0n) is 15.6. The minimum absolute atomic E-state index is 0.357. The predicted molar refractivity (Wildman–Crippen MR) is 99.4 cm³/mol. The van der Waals surface area contributed by atoms with E-state index >= 15 is 0 Å². The molecule has 1 aliphatic heterocycles. The lowest BCUT2D eigenvalue weighted by atomic mass is 9.88. The molecular formula is C21H21F3N2O2. The van der Waals surface area contributed by atoms with E-state index in [1.807, 2.05) is 24.3 Å². The smallest absolute Gasteiger partial charge is 0.337 e. The van der Waals surface area contributed by atoms with Crippen molar-refractivity contribution < 1.29 is 22.8 Å². The van der Waals surface area contributed by atoms with Gasteiger partial charge in [-0.05, 0) is 43.5 Å². The van der Waals surface area contributed by atoms with Gasteiger partial charge in [0.2, 0.25) is 11.8 Å². The van der Waals surface area contributed by atoms with Crippen molar-refractivity contribution in [2.75, 3.05) is 11.9 Å². The van der Waals surface area contributed by atoms with Crippen LogP contribution in [0.15, 0.2) is 48.5 Å². The van der Waals surface area contributed by atoms with Gasteiger partial charge in [-0.25, -0.2) is 0 Å². The first-order chi connectivity index (χ1) is 13.1. The molecule has 1 N–H and O–H groups in total. The minimum Gasteiger partial charge on any atom is -0.337 e. The normalized spacial score (nSPS) is 14.4. The number of anilines is 1. The summed E-state index contributed by atoms with van der Waals surface area (Å²) in [5.41, 5.74) is -0.637. The fourth-order valence-corrected chi connectivity index (χ4v) is 3.28. The van der Waals surface area contributed by atoms with Crippen molar-refractivity contribution >= 4 is 17.5 Å². The van der Waals surface area contributed by atoms with E-state index in [1.165, 1.54) is 32.0 Å². The van der Waals surface area contributed by atoms with Crippen LogP contribution in [0.1, 0.15) is 30.5 Å². The Bertz CT molecular complexity index is 907. The number of carbonyl (C=O) groups excluding carboxylic acids is 2. The van der Waals surface area contributed by atoms with Gasteiger partial charge in [-0.2, -0.15) is 13.2 Å². The Kier molecular flexibility index (Phi) is 5.19. The van der Waals surface area contributed by atoms with E-state index in [-0.39, 0.29) is 5.69 Å². The molecule has 2 amide bonds. The van der Waals surface area contributed by atoms with Gasteiger partial charge < -0.3 is 10.2 Å². The molecule has 28 heavy (non-hydrogen) atoms. The number of rotatable bonds is 3. The number of nitrogens with one attached hydrogen (secondary N) is 1. The second-order valence-electron chi connectivity index (χ2n) is 7.37. The van der Waals surface area contributed by atoms with Gasteiger partial charge >= 0.3 is 6.18 Å². The van der Waals surface area contributed by atoms with Crippen LogP contribution in [0.2, 0.25) is 0 Å². The van der Waals surface area contributed by atoms with Crippen LogP contribution in [0.4, 0.5) is 18.9 Å². The van der Waals surface area contributed by atoms with Crippen molar-refractivity contribution in [1.82, 2.24) is 4.90 Å². The maximum Gasteiger partial charge on any atom is 0.418 e. The van der Waals surface area contributed by atoms with Crippen molar-refractivity contribution in [2.45, 2.75) is 33.0 Å². The lowest BCUT2D eigenvalue weighted by Gasteiger charge is -2.34. The molecule has 2 aromatic carbocycles. The molecule has 0 bridgehead atoms. The topological polar surface area (TPSA) is 49.4 Å². The highest BCUT2D eigenvalue weighted by atomic mass is 19.4. The zero-order valence-corrected chi connectivity index (χ0v) is 15.6. The lowest BCUT2D eigenvalue weighted by Crippen LogP contribution is -2.48. The fourth-order valence-electron chi connectivity index (χ4n) is 3.28. The fraction of sp³-hybridized carbons (Fsp3) is 0.333. The number of halogens is 3. The summed E-state index contributed by atoms with van der Waals surface area (Å²) in [5.74, 6) is -1.18. The van der Waals surface area contributed by atoms with Crippen LogP contribution >= 0.6 is 0 Å². The quantitative estimate of drug-likeness (QED) is 0.797.